The Hall–Kier alpha value is -1.85. The van der Waals surface area contributed by atoms with Crippen molar-refractivity contribution in [3.05, 3.63) is 17.8 Å². The standard InChI is InChI=1S/C15H24N4O2/c1-11-6-7-13(17-16-11)18-8-9-19(12(2)10-18)14(20)21-15(3,4)5/h6-7,12H,8-10H2,1-5H3/t12-/m1/s1. The Bertz CT molecular complexity index is 495. The first-order valence-electron chi connectivity index (χ1n) is 7.31. The number of aryl methyl sites for hydroxylation is 1. The predicted molar refractivity (Wildman–Crippen MR) is 81.4 cm³/mol. The molecule has 0 N–H and O–H groups in total. The molecule has 6 nitrogen and oxygen atoms in total. The molecule has 1 saturated heterocycles. The molecule has 1 fully saturated rings. The van der Waals surface area contributed by atoms with E-state index >= 15 is 0 Å². The summed E-state index contributed by atoms with van der Waals surface area (Å²) >= 11 is 0. The van der Waals surface area contributed by atoms with Gasteiger partial charge >= 0.3 is 6.09 Å². The van der Waals surface area contributed by atoms with Crippen LogP contribution in [0.1, 0.15) is 33.4 Å². The molecular weight excluding hydrogens is 268 g/mol. The second kappa shape index (κ2) is 5.87. The van der Waals surface area contributed by atoms with E-state index in [2.05, 4.69) is 15.1 Å². The summed E-state index contributed by atoms with van der Waals surface area (Å²) in [5.74, 6) is 0.858. The van der Waals surface area contributed by atoms with Crippen molar-refractivity contribution < 1.29 is 9.53 Å². The van der Waals surface area contributed by atoms with Crippen LogP contribution < -0.4 is 4.90 Å². The number of carbonyl (C=O) groups is 1. The Balaban J connectivity index is 1.99. The zero-order valence-corrected chi connectivity index (χ0v) is 13.5. The smallest absolute Gasteiger partial charge is 0.410 e. The lowest BCUT2D eigenvalue weighted by Gasteiger charge is -2.40. The number of aromatic nitrogens is 2. The largest absolute Gasteiger partial charge is 0.444 e. The van der Waals surface area contributed by atoms with E-state index in [9.17, 15) is 4.79 Å². The lowest BCUT2D eigenvalue weighted by molar-refractivity contribution is 0.0158. The summed E-state index contributed by atoms with van der Waals surface area (Å²) in [5.41, 5.74) is 0.440. The van der Waals surface area contributed by atoms with Crippen molar-refractivity contribution in [1.82, 2.24) is 15.1 Å². The van der Waals surface area contributed by atoms with Crippen LogP contribution in [-0.4, -0.2) is 52.5 Å². The molecule has 1 aliphatic rings. The fourth-order valence-electron chi connectivity index (χ4n) is 2.32. The number of piperazine rings is 1. The Morgan fingerprint density at radius 1 is 1.29 bits per heavy atom. The Morgan fingerprint density at radius 3 is 2.52 bits per heavy atom. The van der Waals surface area contributed by atoms with E-state index in [4.69, 9.17) is 4.74 Å². The average Bonchev–Trinajstić information content (AvgIpc) is 2.37. The minimum absolute atomic E-state index is 0.0803. The van der Waals surface area contributed by atoms with Crippen LogP contribution in [-0.2, 0) is 4.74 Å². The number of rotatable bonds is 1. The van der Waals surface area contributed by atoms with Crippen LogP contribution in [0, 0.1) is 6.92 Å². The van der Waals surface area contributed by atoms with E-state index in [1.165, 1.54) is 0 Å². The number of anilines is 1. The molecule has 0 unspecified atom stereocenters. The third-order valence-electron chi connectivity index (χ3n) is 3.36. The number of hydrogen-bond donors (Lipinski definition) is 0. The number of ether oxygens (including phenoxy) is 1. The molecule has 1 aliphatic heterocycles. The number of amides is 1. The molecule has 1 aromatic heterocycles. The molecule has 1 amide bonds. The first kappa shape index (κ1) is 15.5. The number of nitrogens with zero attached hydrogens (tertiary/aromatic N) is 4. The van der Waals surface area contributed by atoms with E-state index in [0.717, 1.165) is 24.6 Å². The van der Waals surface area contributed by atoms with Crippen LogP contribution >= 0.6 is 0 Å². The summed E-state index contributed by atoms with van der Waals surface area (Å²) in [4.78, 5) is 16.1. The van der Waals surface area contributed by atoms with Crippen molar-refractivity contribution in [2.45, 2.75) is 46.3 Å². The third-order valence-corrected chi connectivity index (χ3v) is 3.36. The summed E-state index contributed by atoms with van der Waals surface area (Å²) in [7, 11) is 0. The zero-order valence-electron chi connectivity index (χ0n) is 13.5. The molecule has 0 saturated carbocycles. The van der Waals surface area contributed by atoms with E-state index in [0.29, 0.717) is 6.54 Å². The predicted octanol–water partition coefficient (Wildman–Crippen LogP) is 2.23. The van der Waals surface area contributed by atoms with Crippen LogP contribution in [0.3, 0.4) is 0 Å². The van der Waals surface area contributed by atoms with Gasteiger partial charge in [-0.15, -0.1) is 5.10 Å². The monoisotopic (exact) mass is 292 g/mol. The van der Waals surface area contributed by atoms with Crippen molar-refractivity contribution in [3.8, 4) is 0 Å². The van der Waals surface area contributed by atoms with Gasteiger partial charge in [-0.05, 0) is 46.8 Å². The highest BCUT2D eigenvalue weighted by molar-refractivity contribution is 5.69. The molecule has 0 aliphatic carbocycles. The molecule has 116 valence electrons. The van der Waals surface area contributed by atoms with E-state index in [1.54, 1.807) is 4.90 Å². The summed E-state index contributed by atoms with van der Waals surface area (Å²) in [6.07, 6.45) is -0.246. The SMILES string of the molecule is Cc1ccc(N2CCN(C(=O)OC(C)(C)C)[C@H](C)C2)nn1. The normalized spacial score (nSPS) is 19.6. The summed E-state index contributed by atoms with van der Waals surface area (Å²) < 4.78 is 5.44. The maximum atomic E-state index is 12.2. The zero-order chi connectivity index (χ0) is 15.6. The lowest BCUT2D eigenvalue weighted by Crippen LogP contribution is -2.55. The molecule has 21 heavy (non-hydrogen) atoms. The van der Waals surface area contributed by atoms with Crippen molar-refractivity contribution in [2.24, 2.45) is 0 Å². The first-order chi connectivity index (χ1) is 9.76. The second-order valence-corrected chi connectivity index (χ2v) is 6.50. The van der Waals surface area contributed by atoms with Gasteiger partial charge in [0, 0.05) is 25.7 Å². The maximum absolute atomic E-state index is 12.2. The number of carbonyl (C=O) groups excluding carboxylic acids is 1. The van der Waals surface area contributed by atoms with Gasteiger partial charge in [0.15, 0.2) is 5.82 Å². The van der Waals surface area contributed by atoms with Crippen LogP contribution in [0.5, 0.6) is 0 Å². The lowest BCUT2D eigenvalue weighted by atomic mass is 10.2. The Kier molecular flexibility index (Phi) is 4.34. The molecule has 0 bridgehead atoms. The molecule has 0 aromatic carbocycles. The topological polar surface area (TPSA) is 58.6 Å². The fourth-order valence-corrected chi connectivity index (χ4v) is 2.32. The maximum Gasteiger partial charge on any atom is 0.410 e. The van der Waals surface area contributed by atoms with Crippen molar-refractivity contribution in [1.29, 1.82) is 0 Å². The average molecular weight is 292 g/mol. The van der Waals surface area contributed by atoms with Crippen molar-refractivity contribution in [3.63, 3.8) is 0 Å². The van der Waals surface area contributed by atoms with Gasteiger partial charge in [0.05, 0.1) is 5.69 Å². The highest BCUT2D eigenvalue weighted by atomic mass is 16.6. The highest BCUT2D eigenvalue weighted by Gasteiger charge is 2.31. The fraction of sp³-hybridized carbons (Fsp3) is 0.667. The van der Waals surface area contributed by atoms with E-state index in [-0.39, 0.29) is 12.1 Å². The van der Waals surface area contributed by atoms with Crippen LogP contribution in [0.25, 0.3) is 0 Å². The van der Waals surface area contributed by atoms with Gasteiger partial charge in [0.25, 0.3) is 0 Å². The molecule has 2 heterocycles. The van der Waals surface area contributed by atoms with E-state index in [1.807, 2.05) is 46.8 Å². The molecular formula is C15H24N4O2. The van der Waals surface area contributed by atoms with Crippen molar-refractivity contribution >= 4 is 11.9 Å². The molecule has 0 radical (unpaired) electrons. The molecule has 2 rings (SSSR count). The van der Waals surface area contributed by atoms with Crippen LogP contribution in [0.15, 0.2) is 12.1 Å². The van der Waals surface area contributed by atoms with Gasteiger partial charge in [-0.2, -0.15) is 5.10 Å². The van der Waals surface area contributed by atoms with Gasteiger partial charge in [0.2, 0.25) is 0 Å². The van der Waals surface area contributed by atoms with Gasteiger partial charge in [-0.3, -0.25) is 0 Å². The minimum atomic E-state index is -0.462. The first-order valence-corrected chi connectivity index (χ1v) is 7.31. The summed E-state index contributed by atoms with van der Waals surface area (Å²) in [6, 6.07) is 4.00. The molecule has 1 aromatic rings. The van der Waals surface area contributed by atoms with Crippen LogP contribution in [0.2, 0.25) is 0 Å². The second-order valence-electron chi connectivity index (χ2n) is 6.50. The molecule has 0 spiro atoms. The quantitative estimate of drug-likeness (QED) is 0.794. The van der Waals surface area contributed by atoms with Gasteiger partial charge in [0.1, 0.15) is 5.60 Å². The van der Waals surface area contributed by atoms with Gasteiger partial charge in [-0.25, -0.2) is 4.79 Å². The van der Waals surface area contributed by atoms with Crippen molar-refractivity contribution in [2.75, 3.05) is 24.5 Å². The highest BCUT2D eigenvalue weighted by Crippen LogP contribution is 2.19. The number of hydrogen-bond acceptors (Lipinski definition) is 5. The third kappa shape index (κ3) is 4.06. The summed E-state index contributed by atoms with van der Waals surface area (Å²) in [6.45, 7) is 11.7. The van der Waals surface area contributed by atoms with Gasteiger partial charge < -0.3 is 14.5 Å². The Labute approximate surface area is 126 Å². The summed E-state index contributed by atoms with van der Waals surface area (Å²) in [5, 5.41) is 8.29. The van der Waals surface area contributed by atoms with Crippen LogP contribution in [0.4, 0.5) is 10.6 Å². The van der Waals surface area contributed by atoms with E-state index < -0.39 is 5.60 Å². The minimum Gasteiger partial charge on any atom is -0.444 e. The Morgan fingerprint density at radius 2 is 2.00 bits per heavy atom. The molecule has 6 heteroatoms. The van der Waals surface area contributed by atoms with Gasteiger partial charge in [-0.1, -0.05) is 0 Å². The molecule has 1 atom stereocenters.